The molecule has 0 saturated carbocycles. The smallest absolute Gasteiger partial charge is 0.394 e. The third-order valence-electron chi connectivity index (χ3n) is 3.85. The number of carbonyl (C=O) groups excluding carboxylic acids is 2. The lowest BCUT2D eigenvalue weighted by Crippen LogP contribution is -2.43. The summed E-state index contributed by atoms with van der Waals surface area (Å²) in [7, 11) is 0. The quantitative estimate of drug-likeness (QED) is 0.812. The van der Waals surface area contributed by atoms with Gasteiger partial charge in [0.05, 0.1) is 18.6 Å². The lowest BCUT2D eigenvalue weighted by molar-refractivity contribution is -0.157. The molecule has 8 heteroatoms. The summed E-state index contributed by atoms with van der Waals surface area (Å²) in [5, 5.41) is 12.0. The zero-order valence-electron chi connectivity index (χ0n) is 12.9. The Morgan fingerprint density at radius 2 is 2.00 bits per heavy atom. The highest BCUT2D eigenvalue weighted by Gasteiger charge is 2.40. The van der Waals surface area contributed by atoms with E-state index in [0.717, 1.165) is 5.56 Å². The average Bonchev–Trinajstić information content (AvgIpc) is 2.87. The van der Waals surface area contributed by atoms with Crippen molar-refractivity contribution >= 4 is 11.8 Å². The summed E-state index contributed by atoms with van der Waals surface area (Å²) in [4.78, 5) is 24.4. The predicted molar refractivity (Wildman–Crippen MR) is 79.9 cm³/mol. The van der Waals surface area contributed by atoms with E-state index in [1.54, 1.807) is 0 Å². The number of aliphatic hydroxyl groups is 1. The lowest BCUT2D eigenvalue weighted by atomic mass is 10.0. The Hall–Kier alpha value is -2.09. The fourth-order valence-electron chi connectivity index (χ4n) is 2.70. The molecule has 0 spiro atoms. The molecule has 1 fully saturated rings. The highest BCUT2D eigenvalue weighted by molar-refractivity contribution is 5.89. The number of likely N-dealkylation sites (tertiary alicyclic amines) is 1. The van der Waals surface area contributed by atoms with Crippen molar-refractivity contribution in [3.8, 4) is 0 Å². The summed E-state index contributed by atoms with van der Waals surface area (Å²) in [6, 6.07) is 8.64. The molecule has 1 aliphatic heterocycles. The number of hydrogen-bond acceptors (Lipinski definition) is 3. The standard InChI is InChI=1S/C16H19F3N2O3/c17-16(18,19)10-21-8-12(7-14(21)23)15(24)20-13(9-22)6-11-4-2-1-3-5-11/h1-5,12-13,22H,6-10H2,(H,20,24). The minimum Gasteiger partial charge on any atom is -0.394 e. The number of rotatable bonds is 6. The van der Waals surface area contributed by atoms with Crippen LogP contribution in [0.25, 0.3) is 0 Å². The first-order valence-electron chi connectivity index (χ1n) is 7.58. The maximum Gasteiger partial charge on any atom is 0.406 e. The number of amides is 2. The van der Waals surface area contributed by atoms with Crippen LogP contribution >= 0.6 is 0 Å². The van der Waals surface area contributed by atoms with E-state index >= 15 is 0 Å². The van der Waals surface area contributed by atoms with Gasteiger partial charge in [-0.15, -0.1) is 0 Å². The van der Waals surface area contributed by atoms with Crippen LogP contribution in [0.1, 0.15) is 12.0 Å². The summed E-state index contributed by atoms with van der Waals surface area (Å²) in [5.74, 6) is -2.02. The van der Waals surface area contributed by atoms with Crippen LogP contribution in [0, 0.1) is 5.92 Å². The number of aliphatic hydroxyl groups excluding tert-OH is 1. The molecule has 1 aromatic carbocycles. The Labute approximate surface area is 137 Å². The SMILES string of the molecule is O=C(NC(CO)Cc1ccccc1)C1CC(=O)N(CC(F)(F)F)C1. The molecule has 2 rings (SSSR count). The number of hydrogen-bond donors (Lipinski definition) is 2. The minimum absolute atomic E-state index is 0.245. The molecule has 132 valence electrons. The highest BCUT2D eigenvalue weighted by atomic mass is 19.4. The molecular formula is C16H19F3N2O3. The van der Waals surface area contributed by atoms with Crippen molar-refractivity contribution in [1.29, 1.82) is 0 Å². The van der Waals surface area contributed by atoms with Gasteiger partial charge < -0.3 is 15.3 Å². The van der Waals surface area contributed by atoms with Crippen molar-refractivity contribution in [3.05, 3.63) is 35.9 Å². The largest absolute Gasteiger partial charge is 0.406 e. The molecule has 1 saturated heterocycles. The van der Waals surface area contributed by atoms with Crippen molar-refractivity contribution in [2.24, 2.45) is 5.92 Å². The first kappa shape index (κ1) is 18.3. The second-order valence-corrected chi connectivity index (χ2v) is 5.87. The zero-order valence-corrected chi connectivity index (χ0v) is 12.9. The molecule has 2 atom stereocenters. The molecule has 0 aliphatic carbocycles. The monoisotopic (exact) mass is 344 g/mol. The summed E-state index contributed by atoms with van der Waals surface area (Å²) in [6.45, 7) is -1.90. The zero-order chi connectivity index (χ0) is 17.7. The van der Waals surface area contributed by atoms with E-state index in [4.69, 9.17) is 0 Å². The molecule has 1 aromatic rings. The Bertz CT molecular complexity index is 578. The van der Waals surface area contributed by atoms with Crippen molar-refractivity contribution in [1.82, 2.24) is 10.2 Å². The van der Waals surface area contributed by atoms with Crippen LogP contribution in [-0.2, 0) is 16.0 Å². The maximum absolute atomic E-state index is 12.4. The van der Waals surface area contributed by atoms with Crippen LogP contribution in [0.2, 0.25) is 0 Å². The van der Waals surface area contributed by atoms with E-state index in [0.29, 0.717) is 11.3 Å². The van der Waals surface area contributed by atoms with Gasteiger partial charge in [-0.3, -0.25) is 9.59 Å². The molecule has 1 heterocycles. The third kappa shape index (κ3) is 5.23. The normalized spacial score (nSPS) is 19.4. The molecule has 5 nitrogen and oxygen atoms in total. The predicted octanol–water partition coefficient (Wildman–Crippen LogP) is 1.12. The van der Waals surface area contributed by atoms with Gasteiger partial charge in [0.2, 0.25) is 11.8 Å². The van der Waals surface area contributed by atoms with Crippen LogP contribution < -0.4 is 5.32 Å². The molecule has 0 aromatic heterocycles. The highest BCUT2D eigenvalue weighted by Crippen LogP contribution is 2.24. The van der Waals surface area contributed by atoms with Gasteiger partial charge in [-0.25, -0.2) is 0 Å². The Kier molecular flexibility index (Phi) is 5.82. The second-order valence-electron chi connectivity index (χ2n) is 5.87. The summed E-state index contributed by atoms with van der Waals surface area (Å²) in [6.07, 6.45) is -4.33. The molecule has 2 amide bonds. The first-order chi connectivity index (χ1) is 11.3. The van der Waals surface area contributed by atoms with Gasteiger partial charge in [0, 0.05) is 13.0 Å². The van der Waals surface area contributed by atoms with Crippen LogP contribution in [0.5, 0.6) is 0 Å². The summed E-state index contributed by atoms with van der Waals surface area (Å²) >= 11 is 0. The van der Waals surface area contributed by atoms with Gasteiger partial charge in [0.25, 0.3) is 0 Å². The van der Waals surface area contributed by atoms with Crippen LogP contribution in [0.15, 0.2) is 30.3 Å². The Morgan fingerprint density at radius 3 is 2.58 bits per heavy atom. The van der Waals surface area contributed by atoms with Crippen LogP contribution in [0.4, 0.5) is 13.2 Å². The van der Waals surface area contributed by atoms with Gasteiger partial charge in [-0.1, -0.05) is 30.3 Å². The van der Waals surface area contributed by atoms with Crippen molar-refractivity contribution < 1.29 is 27.9 Å². The summed E-state index contributed by atoms with van der Waals surface area (Å²) < 4.78 is 37.2. The van der Waals surface area contributed by atoms with Crippen molar-refractivity contribution in [2.45, 2.75) is 25.1 Å². The number of nitrogens with one attached hydrogen (secondary N) is 1. The molecular weight excluding hydrogens is 325 g/mol. The molecule has 0 bridgehead atoms. The van der Waals surface area contributed by atoms with Crippen molar-refractivity contribution in [3.63, 3.8) is 0 Å². The van der Waals surface area contributed by atoms with E-state index in [1.165, 1.54) is 0 Å². The van der Waals surface area contributed by atoms with Crippen LogP contribution in [-0.4, -0.2) is 53.7 Å². The van der Waals surface area contributed by atoms with Gasteiger partial charge in [0.1, 0.15) is 6.54 Å². The number of halogens is 3. The second kappa shape index (κ2) is 7.65. The molecule has 2 N–H and O–H groups in total. The van der Waals surface area contributed by atoms with Gasteiger partial charge in [-0.05, 0) is 12.0 Å². The van der Waals surface area contributed by atoms with E-state index < -0.39 is 36.5 Å². The van der Waals surface area contributed by atoms with Gasteiger partial charge >= 0.3 is 6.18 Å². The molecule has 0 radical (unpaired) electrons. The number of alkyl halides is 3. The molecule has 2 unspecified atom stereocenters. The lowest BCUT2D eigenvalue weighted by Gasteiger charge is -2.20. The number of carbonyl (C=O) groups is 2. The molecule has 24 heavy (non-hydrogen) atoms. The minimum atomic E-state index is -4.48. The average molecular weight is 344 g/mol. The van der Waals surface area contributed by atoms with Gasteiger partial charge in [-0.2, -0.15) is 13.2 Å². The van der Waals surface area contributed by atoms with Gasteiger partial charge in [0.15, 0.2) is 0 Å². The number of nitrogens with zero attached hydrogens (tertiary/aromatic N) is 1. The molecule has 1 aliphatic rings. The van der Waals surface area contributed by atoms with E-state index in [9.17, 15) is 27.9 Å². The topological polar surface area (TPSA) is 69.6 Å². The Morgan fingerprint density at radius 1 is 1.33 bits per heavy atom. The summed E-state index contributed by atoms with van der Waals surface area (Å²) in [5.41, 5.74) is 0.915. The van der Waals surface area contributed by atoms with E-state index in [-0.39, 0.29) is 19.6 Å². The van der Waals surface area contributed by atoms with Crippen LogP contribution in [0.3, 0.4) is 0 Å². The maximum atomic E-state index is 12.4. The number of benzene rings is 1. The van der Waals surface area contributed by atoms with E-state index in [1.807, 2.05) is 30.3 Å². The first-order valence-corrected chi connectivity index (χ1v) is 7.58. The van der Waals surface area contributed by atoms with E-state index in [2.05, 4.69) is 5.32 Å². The fourth-order valence-corrected chi connectivity index (χ4v) is 2.70. The third-order valence-corrected chi connectivity index (χ3v) is 3.85. The van der Waals surface area contributed by atoms with Crippen molar-refractivity contribution in [2.75, 3.05) is 19.7 Å². The Balaban J connectivity index is 1.90. The fraction of sp³-hybridized carbons (Fsp3) is 0.500.